The Bertz CT molecular complexity index is 268. The van der Waals surface area contributed by atoms with Crippen molar-refractivity contribution in [2.24, 2.45) is 11.7 Å². The summed E-state index contributed by atoms with van der Waals surface area (Å²) >= 11 is 0. The van der Waals surface area contributed by atoms with Gasteiger partial charge in [-0.25, -0.2) is 0 Å². The molecule has 3 atom stereocenters. The van der Waals surface area contributed by atoms with Crippen LogP contribution in [0.5, 0.6) is 0 Å². The molecular formula is C13H26N2O2. The summed E-state index contributed by atoms with van der Waals surface area (Å²) in [5, 5.41) is 3.05. The molecule has 1 fully saturated rings. The molecule has 4 heteroatoms. The minimum absolute atomic E-state index is 0.0112. The van der Waals surface area contributed by atoms with Crippen molar-refractivity contribution in [1.29, 1.82) is 0 Å². The van der Waals surface area contributed by atoms with E-state index in [9.17, 15) is 4.79 Å². The number of carbonyl (C=O) groups excluding carboxylic acids is 1. The van der Waals surface area contributed by atoms with Crippen LogP contribution in [0, 0.1) is 5.92 Å². The van der Waals surface area contributed by atoms with Gasteiger partial charge in [0.1, 0.15) is 6.10 Å². The first-order valence-electron chi connectivity index (χ1n) is 6.54. The van der Waals surface area contributed by atoms with Gasteiger partial charge in [-0.15, -0.1) is 0 Å². The van der Waals surface area contributed by atoms with Gasteiger partial charge in [-0.05, 0) is 39.0 Å². The minimum atomic E-state index is -0.319. The predicted molar refractivity (Wildman–Crippen MR) is 68.6 cm³/mol. The molecule has 0 aromatic heterocycles. The number of amides is 1. The van der Waals surface area contributed by atoms with Crippen molar-refractivity contribution in [2.45, 2.75) is 64.7 Å². The highest BCUT2D eigenvalue weighted by Crippen LogP contribution is 2.21. The van der Waals surface area contributed by atoms with E-state index in [2.05, 4.69) is 19.2 Å². The fourth-order valence-electron chi connectivity index (χ4n) is 2.46. The van der Waals surface area contributed by atoms with Crippen molar-refractivity contribution in [3.05, 3.63) is 0 Å². The molecule has 0 radical (unpaired) electrons. The van der Waals surface area contributed by atoms with Gasteiger partial charge >= 0.3 is 0 Å². The molecule has 1 amide bonds. The van der Waals surface area contributed by atoms with E-state index in [0.717, 1.165) is 19.3 Å². The minimum Gasteiger partial charge on any atom is -0.365 e. The maximum atomic E-state index is 12.1. The standard InChI is InChI=1S/C13H26N2O2/c1-9(2)7-13(4,8-14)15-12(16)11-6-5-10(3)17-11/h9-11H,5-8,14H2,1-4H3,(H,15,16). The van der Waals surface area contributed by atoms with Gasteiger partial charge in [-0.2, -0.15) is 0 Å². The van der Waals surface area contributed by atoms with Crippen LogP contribution in [0.2, 0.25) is 0 Å². The summed E-state index contributed by atoms with van der Waals surface area (Å²) in [4.78, 5) is 12.1. The van der Waals surface area contributed by atoms with Crippen LogP contribution in [0.4, 0.5) is 0 Å². The number of nitrogens with one attached hydrogen (secondary N) is 1. The van der Waals surface area contributed by atoms with Gasteiger partial charge in [-0.3, -0.25) is 4.79 Å². The molecule has 0 aliphatic carbocycles. The SMILES string of the molecule is CC(C)CC(C)(CN)NC(=O)C1CCC(C)O1. The molecule has 0 spiro atoms. The Balaban J connectivity index is 2.53. The van der Waals surface area contributed by atoms with Crippen molar-refractivity contribution >= 4 is 5.91 Å². The van der Waals surface area contributed by atoms with Crippen LogP contribution in [-0.4, -0.2) is 30.2 Å². The van der Waals surface area contributed by atoms with Crippen LogP contribution in [0.1, 0.15) is 47.0 Å². The van der Waals surface area contributed by atoms with Gasteiger partial charge in [0.15, 0.2) is 0 Å². The summed E-state index contributed by atoms with van der Waals surface area (Å²) in [6, 6.07) is 0. The molecular weight excluding hydrogens is 216 g/mol. The van der Waals surface area contributed by atoms with Gasteiger partial charge in [0.05, 0.1) is 6.10 Å². The van der Waals surface area contributed by atoms with Crippen molar-refractivity contribution in [3.63, 3.8) is 0 Å². The van der Waals surface area contributed by atoms with E-state index < -0.39 is 0 Å². The third-order valence-electron chi connectivity index (χ3n) is 3.26. The molecule has 3 N–H and O–H groups in total. The Morgan fingerprint density at radius 2 is 2.18 bits per heavy atom. The molecule has 0 saturated carbocycles. The highest BCUT2D eigenvalue weighted by molar-refractivity contribution is 5.81. The van der Waals surface area contributed by atoms with Gasteiger partial charge in [0.2, 0.25) is 5.91 Å². The van der Waals surface area contributed by atoms with Crippen molar-refractivity contribution in [1.82, 2.24) is 5.32 Å². The van der Waals surface area contributed by atoms with E-state index in [1.807, 2.05) is 13.8 Å². The summed E-state index contributed by atoms with van der Waals surface area (Å²) < 4.78 is 5.57. The molecule has 0 aromatic carbocycles. The summed E-state index contributed by atoms with van der Waals surface area (Å²) in [5.41, 5.74) is 5.46. The highest BCUT2D eigenvalue weighted by Gasteiger charge is 2.33. The molecule has 4 nitrogen and oxygen atoms in total. The lowest BCUT2D eigenvalue weighted by Crippen LogP contribution is -2.54. The van der Waals surface area contributed by atoms with Gasteiger partial charge < -0.3 is 15.8 Å². The van der Waals surface area contributed by atoms with Crippen LogP contribution in [0.3, 0.4) is 0 Å². The second-order valence-corrected chi connectivity index (χ2v) is 5.86. The number of rotatable bonds is 5. The number of hydrogen-bond acceptors (Lipinski definition) is 3. The van der Waals surface area contributed by atoms with Gasteiger partial charge in [0, 0.05) is 12.1 Å². The average molecular weight is 242 g/mol. The van der Waals surface area contributed by atoms with E-state index in [-0.39, 0.29) is 23.7 Å². The molecule has 1 saturated heterocycles. The third kappa shape index (κ3) is 4.28. The Kier molecular flexibility index (Phi) is 4.95. The molecule has 1 aliphatic rings. The largest absolute Gasteiger partial charge is 0.365 e. The Morgan fingerprint density at radius 3 is 2.59 bits per heavy atom. The van der Waals surface area contributed by atoms with Crippen LogP contribution >= 0.6 is 0 Å². The van der Waals surface area contributed by atoms with Gasteiger partial charge in [-0.1, -0.05) is 13.8 Å². The average Bonchev–Trinajstić information content (AvgIpc) is 2.63. The number of hydrogen-bond donors (Lipinski definition) is 2. The lowest BCUT2D eigenvalue weighted by atomic mass is 9.90. The second kappa shape index (κ2) is 5.83. The number of nitrogens with two attached hydrogens (primary N) is 1. The zero-order chi connectivity index (χ0) is 13.1. The molecule has 1 aliphatic heterocycles. The number of ether oxygens (including phenoxy) is 1. The fraction of sp³-hybridized carbons (Fsp3) is 0.923. The Hall–Kier alpha value is -0.610. The zero-order valence-electron chi connectivity index (χ0n) is 11.5. The monoisotopic (exact) mass is 242 g/mol. The number of carbonyl (C=O) groups is 1. The summed E-state index contributed by atoms with van der Waals surface area (Å²) in [5.74, 6) is 0.496. The summed E-state index contributed by atoms with van der Waals surface area (Å²) in [6.07, 6.45) is 2.57. The highest BCUT2D eigenvalue weighted by atomic mass is 16.5. The fourth-order valence-corrected chi connectivity index (χ4v) is 2.46. The molecule has 1 rings (SSSR count). The van der Waals surface area contributed by atoms with Crippen LogP contribution in [0.25, 0.3) is 0 Å². The molecule has 3 unspecified atom stereocenters. The first-order chi connectivity index (χ1) is 7.86. The van der Waals surface area contributed by atoms with E-state index in [1.54, 1.807) is 0 Å². The lowest BCUT2D eigenvalue weighted by molar-refractivity contribution is -0.133. The van der Waals surface area contributed by atoms with E-state index >= 15 is 0 Å². The quantitative estimate of drug-likeness (QED) is 0.766. The first-order valence-corrected chi connectivity index (χ1v) is 6.54. The zero-order valence-corrected chi connectivity index (χ0v) is 11.5. The molecule has 0 bridgehead atoms. The van der Waals surface area contributed by atoms with Crippen LogP contribution in [0.15, 0.2) is 0 Å². The Morgan fingerprint density at radius 1 is 1.53 bits per heavy atom. The predicted octanol–water partition coefficient (Wildman–Crippen LogP) is 1.43. The smallest absolute Gasteiger partial charge is 0.249 e. The first kappa shape index (κ1) is 14.5. The normalized spacial score (nSPS) is 28.1. The van der Waals surface area contributed by atoms with E-state index in [0.29, 0.717) is 12.5 Å². The van der Waals surface area contributed by atoms with Crippen molar-refractivity contribution in [3.8, 4) is 0 Å². The molecule has 100 valence electrons. The summed E-state index contributed by atoms with van der Waals surface area (Å²) in [6.45, 7) is 8.73. The second-order valence-electron chi connectivity index (χ2n) is 5.86. The van der Waals surface area contributed by atoms with Crippen LogP contribution in [-0.2, 0) is 9.53 Å². The summed E-state index contributed by atoms with van der Waals surface area (Å²) in [7, 11) is 0. The lowest BCUT2D eigenvalue weighted by Gasteiger charge is -2.32. The topological polar surface area (TPSA) is 64.3 Å². The van der Waals surface area contributed by atoms with Gasteiger partial charge in [0.25, 0.3) is 0 Å². The maximum absolute atomic E-state index is 12.1. The molecule has 17 heavy (non-hydrogen) atoms. The molecule has 0 aromatic rings. The maximum Gasteiger partial charge on any atom is 0.249 e. The van der Waals surface area contributed by atoms with Crippen molar-refractivity contribution < 1.29 is 9.53 Å². The van der Waals surface area contributed by atoms with Crippen molar-refractivity contribution in [2.75, 3.05) is 6.54 Å². The third-order valence-corrected chi connectivity index (χ3v) is 3.26. The molecule has 1 heterocycles. The van der Waals surface area contributed by atoms with Crippen LogP contribution < -0.4 is 11.1 Å². The Labute approximate surface area is 104 Å². The van der Waals surface area contributed by atoms with E-state index in [1.165, 1.54) is 0 Å². The van der Waals surface area contributed by atoms with E-state index in [4.69, 9.17) is 10.5 Å².